The summed E-state index contributed by atoms with van der Waals surface area (Å²) in [5.74, 6) is -0.341. The molecule has 5 nitrogen and oxygen atoms in total. The Morgan fingerprint density at radius 2 is 1.44 bits per heavy atom. The van der Waals surface area contributed by atoms with Crippen LogP contribution in [-0.2, 0) is 17.0 Å². The van der Waals surface area contributed by atoms with Gasteiger partial charge in [-0.2, -0.15) is 5.10 Å². The molecule has 36 heavy (non-hydrogen) atoms. The molecule has 0 heterocycles. The molecule has 0 aliphatic rings. The second-order valence-electron chi connectivity index (χ2n) is 7.87. The largest absolute Gasteiger partial charge is 0.486 e. The molecule has 0 bridgehead atoms. The standard InChI is InChI=1S/C28H21Cl2IN2O3/c29-24-15-20(16-25(30)26(24)36-18-19-11-13-23(31)14-12-19)17-32-33-27(34)28(35,21-7-3-1-4-8-21)22-9-5-2-6-10-22/h1-17,35H,18H2,(H,33,34)/b32-17+. The van der Waals surface area contributed by atoms with Crippen LogP contribution in [0, 0.1) is 3.57 Å². The van der Waals surface area contributed by atoms with Crippen LogP contribution in [0.3, 0.4) is 0 Å². The number of hydrogen-bond donors (Lipinski definition) is 2. The third kappa shape index (κ3) is 6.07. The highest BCUT2D eigenvalue weighted by Gasteiger charge is 2.39. The van der Waals surface area contributed by atoms with E-state index in [0.717, 1.165) is 9.13 Å². The van der Waals surface area contributed by atoms with Gasteiger partial charge in [-0.05, 0) is 69.1 Å². The Morgan fingerprint density at radius 3 is 1.97 bits per heavy atom. The summed E-state index contributed by atoms with van der Waals surface area (Å²) < 4.78 is 6.95. The van der Waals surface area contributed by atoms with E-state index in [1.165, 1.54) is 6.21 Å². The second kappa shape index (κ2) is 11.9. The predicted octanol–water partition coefficient (Wildman–Crippen LogP) is 6.56. The van der Waals surface area contributed by atoms with Crippen molar-refractivity contribution in [1.82, 2.24) is 5.43 Å². The van der Waals surface area contributed by atoms with Gasteiger partial charge in [-0.15, -0.1) is 0 Å². The molecule has 0 radical (unpaired) electrons. The average Bonchev–Trinajstić information content (AvgIpc) is 2.89. The fourth-order valence-corrected chi connectivity index (χ4v) is 4.53. The smallest absolute Gasteiger partial charge is 0.281 e. The summed E-state index contributed by atoms with van der Waals surface area (Å²) in [7, 11) is 0. The molecule has 8 heteroatoms. The van der Waals surface area contributed by atoms with Crippen molar-refractivity contribution in [2.24, 2.45) is 5.10 Å². The molecular formula is C28H21Cl2IN2O3. The lowest BCUT2D eigenvalue weighted by molar-refractivity contribution is -0.136. The van der Waals surface area contributed by atoms with Crippen LogP contribution in [0.5, 0.6) is 5.75 Å². The van der Waals surface area contributed by atoms with Gasteiger partial charge in [0, 0.05) is 3.57 Å². The van der Waals surface area contributed by atoms with Gasteiger partial charge in [0.1, 0.15) is 6.61 Å². The number of ether oxygens (including phenoxy) is 1. The van der Waals surface area contributed by atoms with E-state index in [-0.39, 0.29) is 0 Å². The van der Waals surface area contributed by atoms with Crippen molar-refractivity contribution >= 4 is 57.9 Å². The summed E-state index contributed by atoms with van der Waals surface area (Å²) in [6, 6.07) is 28.6. The zero-order chi connectivity index (χ0) is 25.5. The molecule has 0 aliphatic carbocycles. The van der Waals surface area contributed by atoms with Gasteiger partial charge in [0.25, 0.3) is 5.91 Å². The Kier molecular flexibility index (Phi) is 8.64. The van der Waals surface area contributed by atoms with Crippen LogP contribution in [-0.4, -0.2) is 17.2 Å². The van der Waals surface area contributed by atoms with Gasteiger partial charge in [-0.1, -0.05) is 96.0 Å². The van der Waals surface area contributed by atoms with Crippen LogP contribution in [0.1, 0.15) is 22.3 Å². The van der Waals surface area contributed by atoms with Crippen molar-refractivity contribution in [3.63, 3.8) is 0 Å². The van der Waals surface area contributed by atoms with Crippen LogP contribution < -0.4 is 10.2 Å². The number of benzene rings is 4. The molecular weight excluding hydrogens is 610 g/mol. The summed E-state index contributed by atoms with van der Waals surface area (Å²) in [4.78, 5) is 13.1. The van der Waals surface area contributed by atoms with E-state index in [4.69, 9.17) is 27.9 Å². The Hall–Kier alpha value is -2.91. The average molecular weight is 631 g/mol. The number of rotatable bonds is 8. The van der Waals surface area contributed by atoms with E-state index in [1.807, 2.05) is 36.4 Å². The first-order chi connectivity index (χ1) is 17.4. The number of halogens is 3. The quantitative estimate of drug-likeness (QED) is 0.132. The number of hydrogen-bond acceptors (Lipinski definition) is 4. The van der Waals surface area contributed by atoms with E-state index >= 15 is 0 Å². The molecule has 1 amide bonds. The Morgan fingerprint density at radius 1 is 0.917 bits per heavy atom. The summed E-state index contributed by atoms with van der Waals surface area (Å²) in [5, 5.41) is 16.1. The van der Waals surface area contributed by atoms with Crippen molar-refractivity contribution in [1.29, 1.82) is 0 Å². The summed E-state index contributed by atoms with van der Waals surface area (Å²) in [6.07, 6.45) is 1.40. The fraction of sp³-hybridized carbons (Fsp3) is 0.0714. The molecule has 2 N–H and O–H groups in total. The summed E-state index contributed by atoms with van der Waals surface area (Å²) in [6.45, 7) is 0.317. The van der Waals surface area contributed by atoms with Gasteiger partial charge in [0.2, 0.25) is 0 Å². The predicted molar refractivity (Wildman–Crippen MR) is 152 cm³/mol. The number of amides is 1. The fourth-order valence-electron chi connectivity index (χ4n) is 3.56. The van der Waals surface area contributed by atoms with E-state index < -0.39 is 11.5 Å². The zero-order valence-corrected chi connectivity index (χ0v) is 22.5. The molecule has 0 aromatic heterocycles. The third-order valence-corrected chi connectivity index (χ3v) is 6.69. The van der Waals surface area contributed by atoms with Crippen LogP contribution >= 0.6 is 45.8 Å². The minimum absolute atomic E-state index is 0.311. The van der Waals surface area contributed by atoms with Crippen molar-refractivity contribution in [3.05, 3.63) is 133 Å². The van der Waals surface area contributed by atoms with Crippen LogP contribution in [0.15, 0.2) is 102 Å². The normalized spacial score (nSPS) is 11.4. The van der Waals surface area contributed by atoms with Crippen LogP contribution in [0.25, 0.3) is 0 Å². The lowest BCUT2D eigenvalue weighted by atomic mass is 9.85. The highest BCUT2D eigenvalue weighted by atomic mass is 127. The number of nitrogens with one attached hydrogen (secondary N) is 1. The second-order valence-corrected chi connectivity index (χ2v) is 9.93. The molecule has 4 rings (SSSR count). The summed E-state index contributed by atoms with van der Waals surface area (Å²) in [5.41, 5.74) is 2.89. The maximum absolute atomic E-state index is 13.1. The van der Waals surface area contributed by atoms with Crippen LogP contribution in [0.2, 0.25) is 10.0 Å². The highest BCUT2D eigenvalue weighted by molar-refractivity contribution is 14.1. The van der Waals surface area contributed by atoms with Gasteiger partial charge in [0.05, 0.1) is 16.3 Å². The minimum Gasteiger partial charge on any atom is -0.486 e. The van der Waals surface area contributed by atoms with Gasteiger partial charge >= 0.3 is 0 Å². The van der Waals surface area contributed by atoms with Gasteiger partial charge < -0.3 is 9.84 Å². The first kappa shape index (κ1) is 26.2. The number of carbonyl (C=O) groups is 1. The molecule has 4 aromatic carbocycles. The molecule has 0 atom stereocenters. The Bertz CT molecular complexity index is 1300. The Balaban J connectivity index is 1.49. The van der Waals surface area contributed by atoms with Gasteiger partial charge in [0.15, 0.2) is 11.4 Å². The maximum atomic E-state index is 13.1. The maximum Gasteiger partial charge on any atom is 0.281 e. The first-order valence-electron chi connectivity index (χ1n) is 10.9. The SMILES string of the molecule is O=C(N/N=C/c1cc(Cl)c(OCc2ccc(I)cc2)c(Cl)c1)C(O)(c1ccccc1)c1ccccc1. The molecule has 0 unspecified atom stereocenters. The van der Waals surface area contributed by atoms with Crippen molar-refractivity contribution in [2.45, 2.75) is 12.2 Å². The molecule has 4 aromatic rings. The van der Waals surface area contributed by atoms with E-state index in [9.17, 15) is 9.90 Å². The lowest BCUT2D eigenvalue weighted by Gasteiger charge is -2.27. The Labute approximate surface area is 232 Å². The number of hydrazone groups is 1. The van der Waals surface area contributed by atoms with Gasteiger partial charge in [-0.25, -0.2) is 5.43 Å². The monoisotopic (exact) mass is 630 g/mol. The minimum atomic E-state index is -1.93. The van der Waals surface area contributed by atoms with E-state index in [0.29, 0.717) is 39.1 Å². The summed E-state index contributed by atoms with van der Waals surface area (Å²) >= 11 is 15.0. The van der Waals surface area contributed by atoms with Crippen molar-refractivity contribution in [2.75, 3.05) is 0 Å². The topological polar surface area (TPSA) is 70.9 Å². The first-order valence-corrected chi connectivity index (χ1v) is 12.7. The van der Waals surface area contributed by atoms with E-state index in [1.54, 1.807) is 60.7 Å². The zero-order valence-electron chi connectivity index (χ0n) is 18.9. The number of aliphatic hydroxyl groups is 1. The number of nitrogens with zero attached hydrogens (tertiary/aromatic N) is 1. The highest BCUT2D eigenvalue weighted by Crippen LogP contribution is 2.34. The molecule has 0 saturated heterocycles. The van der Waals surface area contributed by atoms with Gasteiger partial charge in [-0.3, -0.25) is 4.79 Å². The number of carbonyl (C=O) groups excluding carboxylic acids is 1. The molecule has 182 valence electrons. The third-order valence-electron chi connectivity index (χ3n) is 5.41. The molecule has 0 saturated carbocycles. The van der Waals surface area contributed by atoms with Crippen molar-refractivity contribution < 1.29 is 14.6 Å². The molecule has 0 aliphatic heterocycles. The molecule has 0 spiro atoms. The van der Waals surface area contributed by atoms with Crippen LogP contribution in [0.4, 0.5) is 0 Å². The molecule has 0 fully saturated rings. The lowest BCUT2D eigenvalue weighted by Crippen LogP contribution is -2.43. The van der Waals surface area contributed by atoms with E-state index in [2.05, 4.69) is 33.1 Å². The van der Waals surface area contributed by atoms with Crippen molar-refractivity contribution in [3.8, 4) is 5.75 Å².